The van der Waals surface area contributed by atoms with Gasteiger partial charge in [0.25, 0.3) is 5.91 Å². The monoisotopic (exact) mass is 405 g/mol. The van der Waals surface area contributed by atoms with Gasteiger partial charge < -0.3 is 14.8 Å². The Bertz CT molecular complexity index is 1050. The summed E-state index contributed by atoms with van der Waals surface area (Å²) in [5.74, 6) is -0.620. The Kier molecular flexibility index (Phi) is 6.80. The van der Waals surface area contributed by atoms with Crippen molar-refractivity contribution in [3.63, 3.8) is 0 Å². The molecule has 1 amide bonds. The normalized spacial score (nSPS) is 11.5. The predicted octanol–water partition coefficient (Wildman–Crippen LogP) is 4.38. The van der Waals surface area contributed by atoms with Crippen LogP contribution < -0.4 is 10.1 Å². The van der Waals surface area contributed by atoms with Gasteiger partial charge in [-0.1, -0.05) is 43.3 Å². The number of nitrogens with one attached hydrogen (secondary N) is 1. The van der Waals surface area contributed by atoms with Gasteiger partial charge in [-0.05, 0) is 42.6 Å². The Labute approximate surface area is 174 Å². The number of rotatable bonds is 8. The van der Waals surface area contributed by atoms with Crippen LogP contribution in [0.4, 0.5) is 5.69 Å². The van der Waals surface area contributed by atoms with Crippen molar-refractivity contribution in [2.75, 3.05) is 11.9 Å². The third-order valence-electron chi connectivity index (χ3n) is 4.58. The summed E-state index contributed by atoms with van der Waals surface area (Å²) in [5, 5.41) is 4.70. The van der Waals surface area contributed by atoms with Gasteiger partial charge in [-0.3, -0.25) is 9.59 Å². The third-order valence-corrected chi connectivity index (χ3v) is 4.58. The highest BCUT2D eigenvalue weighted by atomic mass is 16.6. The van der Waals surface area contributed by atoms with Crippen LogP contribution in [0.15, 0.2) is 66.7 Å². The number of hydrogen-bond acceptors (Lipinski definition) is 5. The summed E-state index contributed by atoms with van der Waals surface area (Å²) in [4.78, 5) is 36.1. The lowest BCUT2D eigenvalue weighted by atomic mass is 10.1. The first-order valence-corrected chi connectivity index (χ1v) is 9.72. The smallest absolute Gasteiger partial charge is 0.344 e. The number of carbonyl (C=O) groups excluding carboxylic acids is 3. The minimum Gasteiger partial charge on any atom is -0.482 e. The van der Waals surface area contributed by atoms with Gasteiger partial charge in [-0.15, -0.1) is 0 Å². The second-order valence-electron chi connectivity index (χ2n) is 6.74. The van der Waals surface area contributed by atoms with Gasteiger partial charge >= 0.3 is 5.97 Å². The van der Waals surface area contributed by atoms with Crippen molar-refractivity contribution in [3.8, 4) is 5.75 Å². The Morgan fingerprint density at radius 3 is 2.37 bits per heavy atom. The average molecular weight is 405 g/mol. The molecule has 6 nitrogen and oxygen atoms in total. The molecule has 0 aliphatic heterocycles. The lowest BCUT2D eigenvalue weighted by molar-refractivity contribution is -0.155. The average Bonchev–Trinajstić information content (AvgIpc) is 2.77. The van der Waals surface area contributed by atoms with Crippen molar-refractivity contribution < 1.29 is 23.9 Å². The van der Waals surface area contributed by atoms with Gasteiger partial charge in [0.2, 0.25) is 0 Å². The first-order valence-electron chi connectivity index (χ1n) is 9.72. The first-order chi connectivity index (χ1) is 14.5. The Hall–Kier alpha value is -3.67. The highest BCUT2D eigenvalue weighted by Gasteiger charge is 2.19. The van der Waals surface area contributed by atoms with E-state index in [0.717, 1.165) is 10.8 Å². The summed E-state index contributed by atoms with van der Waals surface area (Å²) < 4.78 is 10.5. The zero-order valence-electron chi connectivity index (χ0n) is 16.9. The fraction of sp³-hybridized carbons (Fsp3) is 0.208. The molecule has 0 spiro atoms. The maximum absolute atomic E-state index is 12.4. The highest BCUT2D eigenvalue weighted by molar-refractivity contribution is 6.03. The maximum atomic E-state index is 12.4. The van der Waals surface area contributed by atoms with Gasteiger partial charge in [-0.2, -0.15) is 0 Å². The Balaban J connectivity index is 1.52. The standard InChI is InChI=1S/C24H23NO5/c1-3-22(26)18-11-13-19(14-12-18)29-15-23(27)30-16(2)24(28)25-21-10-6-8-17-7-4-5-9-20(17)21/h4-14,16H,3,15H2,1-2H3,(H,25,28). The molecule has 30 heavy (non-hydrogen) atoms. The molecule has 1 N–H and O–H groups in total. The number of amides is 1. The van der Waals surface area contributed by atoms with Crippen LogP contribution >= 0.6 is 0 Å². The van der Waals surface area contributed by atoms with Crippen molar-refractivity contribution in [1.29, 1.82) is 0 Å². The summed E-state index contributed by atoms with van der Waals surface area (Å²) >= 11 is 0. The van der Waals surface area contributed by atoms with Crippen molar-refractivity contribution in [1.82, 2.24) is 0 Å². The Morgan fingerprint density at radius 2 is 1.63 bits per heavy atom. The van der Waals surface area contributed by atoms with Crippen molar-refractivity contribution in [2.45, 2.75) is 26.4 Å². The largest absolute Gasteiger partial charge is 0.482 e. The van der Waals surface area contributed by atoms with Crippen LogP contribution in [0.25, 0.3) is 10.8 Å². The number of Topliss-reactive ketones (excluding diaryl/α,β-unsaturated/α-hetero) is 1. The van der Waals surface area contributed by atoms with Crippen LogP contribution in [0, 0.1) is 0 Å². The number of carbonyl (C=O) groups is 3. The number of anilines is 1. The van der Waals surface area contributed by atoms with Gasteiger partial charge in [0.1, 0.15) is 5.75 Å². The van der Waals surface area contributed by atoms with Gasteiger partial charge in [0.05, 0.1) is 0 Å². The van der Waals surface area contributed by atoms with E-state index in [1.54, 1.807) is 37.3 Å². The fourth-order valence-corrected chi connectivity index (χ4v) is 2.94. The van der Waals surface area contributed by atoms with Crippen LogP contribution in [0.5, 0.6) is 5.75 Å². The van der Waals surface area contributed by atoms with E-state index in [2.05, 4.69) is 5.32 Å². The molecule has 0 saturated carbocycles. The molecule has 0 aromatic heterocycles. The topological polar surface area (TPSA) is 81.7 Å². The summed E-state index contributed by atoms with van der Waals surface area (Å²) in [6.45, 7) is 2.96. The van der Waals surface area contributed by atoms with E-state index < -0.39 is 18.0 Å². The summed E-state index contributed by atoms with van der Waals surface area (Å²) in [7, 11) is 0. The van der Waals surface area contributed by atoms with Gasteiger partial charge in [0.15, 0.2) is 18.5 Å². The summed E-state index contributed by atoms with van der Waals surface area (Å²) in [6.07, 6.45) is -0.560. The van der Waals surface area contributed by atoms with E-state index in [1.165, 1.54) is 6.92 Å². The maximum Gasteiger partial charge on any atom is 0.344 e. The zero-order chi connectivity index (χ0) is 21.5. The van der Waals surface area contributed by atoms with E-state index >= 15 is 0 Å². The summed E-state index contributed by atoms with van der Waals surface area (Å²) in [5.41, 5.74) is 1.24. The first kappa shape index (κ1) is 21.0. The number of ketones is 1. The molecule has 0 heterocycles. The number of fused-ring (bicyclic) bond motifs is 1. The molecule has 154 valence electrons. The van der Waals surface area contributed by atoms with E-state index in [0.29, 0.717) is 23.4 Å². The highest BCUT2D eigenvalue weighted by Crippen LogP contribution is 2.23. The molecule has 6 heteroatoms. The molecule has 3 aromatic carbocycles. The minimum atomic E-state index is -0.982. The molecule has 1 atom stereocenters. The van der Waals surface area contributed by atoms with Crippen LogP contribution in [-0.2, 0) is 14.3 Å². The van der Waals surface area contributed by atoms with Crippen molar-refractivity contribution in [2.24, 2.45) is 0 Å². The van der Waals surface area contributed by atoms with Crippen LogP contribution in [-0.4, -0.2) is 30.4 Å². The molecular formula is C24H23NO5. The zero-order valence-corrected chi connectivity index (χ0v) is 16.9. The van der Waals surface area contributed by atoms with E-state index in [-0.39, 0.29) is 12.4 Å². The number of hydrogen-bond donors (Lipinski definition) is 1. The molecule has 0 aliphatic rings. The lowest BCUT2D eigenvalue weighted by Gasteiger charge is -2.15. The minimum absolute atomic E-state index is 0.0343. The Morgan fingerprint density at radius 1 is 0.933 bits per heavy atom. The molecule has 0 radical (unpaired) electrons. The molecule has 0 aliphatic carbocycles. The number of ether oxygens (including phenoxy) is 2. The van der Waals surface area contributed by atoms with Crippen LogP contribution in [0.3, 0.4) is 0 Å². The van der Waals surface area contributed by atoms with E-state index in [4.69, 9.17) is 9.47 Å². The number of esters is 1. The molecule has 1 unspecified atom stereocenters. The van der Waals surface area contributed by atoms with Gasteiger partial charge in [0, 0.05) is 23.1 Å². The molecule has 0 saturated heterocycles. The van der Waals surface area contributed by atoms with Crippen LogP contribution in [0.2, 0.25) is 0 Å². The molecule has 3 aromatic rings. The van der Waals surface area contributed by atoms with Crippen molar-refractivity contribution >= 4 is 34.1 Å². The molecule has 3 rings (SSSR count). The second-order valence-corrected chi connectivity index (χ2v) is 6.74. The third kappa shape index (κ3) is 5.23. The second kappa shape index (κ2) is 9.69. The quantitative estimate of drug-likeness (QED) is 0.444. The molecular weight excluding hydrogens is 382 g/mol. The summed E-state index contributed by atoms with van der Waals surface area (Å²) in [6, 6.07) is 19.8. The molecule has 0 bridgehead atoms. The van der Waals surface area contributed by atoms with Crippen LogP contribution in [0.1, 0.15) is 30.6 Å². The fourth-order valence-electron chi connectivity index (χ4n) is 2.94. The van der Waals surface area contributed by atoms with E-state index in [9.17, 15) is 14.4 Å². The van der Waals surface area contributed by atoms with Crippen molar-refractivity contribution in [3.05, 3.63) is 72.3 Å². The lowest BCUT2D eigenvalue weighted by Crippen LogP contribution is -2.31. The van der Waals surface area contributed by atoms with E-state index in [1.807, 2.05) is 36.4 Å². The molecule has 0 fully saturated rings. The SMILES string of the molecule is CCC(=O)c1ccc(OCC(=O)OC(C)C(=O)Nc2cccc3ccccc23)cc1. The predicted molar refractivity (Wildman–Crippen MR) is 115 cm³/mol. The number of benzene rings is 3. The van der Waals surface area contributed by atoms with Gasteiger partial charge in [-0.25, -0.2) is 4.79 Å².